The molecule has 0 amide bonds. The second-order valence-electron chi connectivity index (χ2n) is 11.3. The third-order valence-electron chi connectivity index (χ3n) is 9.57. The molecule has 4 aliphatic rings. The van der Waals surface area contributed by atoms with E-state index in [4.69, 9.17) is 17.7 Å². The molecule has 34 heavy (non-hydrogen) atoms. The Morgan fingerprint density at radius 1 is 0.441 bits per heavy atom. The number of rotatable bonds is 10. The summed E-state index contributed by atoms with van der Waals surface area (Å²) in [6.45, 7) is 5.98. The van der Waals surface area contributed by atoms with Crippen LogP contribution in [0.25, 0.3) is 0 Å². The van der Waals surface area contributed by atoms with Crippen molar-refractivity contribution in [2.24, 2.45) is 0 Å². The van der Waals surface area contributed by atoms with Gasteiger partial charge in [0.2, 0.25) is 0 Å². The summed E-state index contributed by atoms with van der Waals surface area (Å²) in [5, 5.41) is 0. The van der Waals surface area contributed by atoms with Gasteiger partial charge in [-0.1, -0.05) is 64.2 Å². The molecule has 0 aliphatic heterocycles. The molecule has 4 rings (SSSR count). The fourth-order valence-corrected chi connectivity index (χ4v) is 17.7. The highest BCUT2D eigenvalue weighted by atomic mass is 28.4. The van der Waals surface area contributed by atoms with E-state index in [1.807, 2.05) is 14.2 Å². The van der Waals surface area contributed by atoms with Gasteiger partial charge in [-0.3, -0.25) is 0 Å². The Morgan fingerprint density at radius 2 is 0.706 bits per heavy atom. The molecule has 0 radical (unpaired) electrons. The molecule has 0 aromatic carbocycles. The van der Waals surface area contributed by atoms with Crippen molar-refractivity contribution in [2.45, 2.75) is 152 Å². The van der Waals surface area contributed by atoms with Gasteiger partial charge in [-0.15, -0.1) is 0 Å². The first-order chi connectivity index (χ1) is 16.7. The molecule has 4 saturated carbocycles. The van der Waals surface area contributed by atoms with Crippen LogP contribution in [-0.4, -0.2) is 44.6 Å². The fraction of sp³-hybridized carbons (Fsp3) is 1.00. The zero-order valence-corrected chi connectivity index (χ0v) is 25.1. The standard InChI is InChI=1S/2C14H28O2Si/c1-15-17(16-2,13-9-5-3-6-10-13)14-11-7-4-8-12-14;1-3-15-17(16-4-2,13-9-5-6-10-13)14-11-7-8-12-14/h2*13-14H,3-12H2,1-2H3. The van der Waals surface area contributed by atoms with Gasteiger partial charge in [0.25, 0.3) is 0 Å². The zero-order valence-electron chi connectivity index (χ0n) is 23.1. The third-order valence-corrected chi connectivity index (χ3v) is 19.2. The van der Waals surface area contributed by atoms with Gasteiger partial charge in [0.1, 0.15) is 0 Å². The van der Waals surface area contributed by atoms with E-state index in [0.29, 0.717) is 0 Å². The number of hydrogen-bond donors (Lipinski definition) is 0. The molecule has 4 fully saturated rings. The maximum atomic E-state index is 6.35. The van der Waals surface area contributed by atoms with Crippen molar-refractivity contribution >= 4 is 17.1 Å². The van der Waals surface area contributed by atoms with Crippen molar-refractivity contribution in [3.05, 3.63) is 0 Å². The van der Waals surface area contributed by atoms with E-state index in [9.17, 15) is 0 Å². The van der Waals surface area contributed by atoms with Crippen LogP contribution < -0.4 is 0 Å². The summed E-state index contributed by atoms with van der Waals surface area (Å²) in [5.74, 6) is 0. The predicted octanol–water partition coefficient (Wildman–Crippen LogP) is 8.78. The molecule has 0 atom stereocenters. The van der Waals surface area contributed by atoms with Gasteiger partial charge in [-0.2, -0.15) is 0 Å². The molecule has 200 valence electrons. The molecule has 0 aromatic rings. The highest BCUT2D eigenvalue weighted by Gasteiger charge is 2.53. The van der Waals surface area contributed by atoms with Crippen molar-refractivity contribution in [3.8, 4) is 0 Å². The zero-order chi connectivity index (χ0) is 24.3. The second-order valence-corrected chi connectivity index (χ2v) is 18.9. The Balaban J connectivity index is 0.000000191. The van der Waals surface area contributed by atoms with E-state index in [-0.39, 0.29) is 0 Å². The van der Waals surface area contributed by atoms with Crippen LogP contribution in [0.3, 0.4) is 0 Å². The Kier molecular flexibility index (Phi) is 12.6. The Hall–Kier alpha value is 0.274. The van der Waals surface area contributed by atoms with Crippen molar-refractivity contribution in [3.63, 3.8) is 0 Å². The molecule has 4 nitrogen and oxygen atoms in total. The van der Waals surface area contributed by atoms with Gasteiger partial charge < -0.3 is 17.7 Å². The summed E-state index contributed by atoms with van der Waals surface area (Å²) in [6.07, 6.45) is 24.8. The van der Waals surface area contributed by atoms with Crippen LogP contribution in [0, 0.1) is 0 Å². The van der Waals surface area contributed by atoms with Crippen molar-refractivity contribution in [1.82, 2.24) is 0 Å². The largest absolute Gasteiger partial charge is 0.397 e. The van der Waals surface area contributed by atoms with E-state index < -0.39 is 17.1 Å². The molecule has 0 aromatic heterocycles. The van der Waals surface area contributed by atoms with E-state index in [1.165, 1.54) is 116 Å². The normalized spacial score (nSPS) is 24.4. The first kappa shape index (κ1) is 28.8. The lowest BCUT2D eigenvalue weighted by Crippen LogP contribution is -2.50. The lowest BCUT2D eigenvalue weighted by Gasteiger charge is -2.43. The molecule has 6 heteroatoms. The summed E-state index contributed by atoms with van der Waals surface area (Å²) in [5.41, 5.74) is 3.08. The first-order valence-corrected chi connectivity index (χ1v) is 19.0. The summed E-state index contributed by atoms with van der Waals surface area (Å²) in [4.78, 5) is 0. The Labute approximate surface area is 213 Å². The molecule has 0 unspecified atom stereocenters. The van der Waals surface area contributed by atoms with E-state index >= 15 is 0 Å². The van der Waals surface area contributed by atoms with Crippen LogP contribution in [0.1, 0.15) is 129 Å². The van der Waals surface area contributed by atoms with Gasteiger partial charge in [-0.05, 0) is 65.2 Å². The third kappa shape index (κ3) is 6.77. The van der Waals surface area contributed by atoms with Crippen molar-refractivity contribution in [1.29, 1.82) is 0 Å². The highest BCUT2D eigenvalue weighted by molar-refractivity contribution is 6.71. The molecule has 0 heterocycles. The van der Waals surface area contributed by atoms with E-state index in [1.54, 1.807) is 0 Å². The Bertz CT molecular complexity index is 489. The fourth-order valence-electron chi connectivity index (χ4n) is 8.05. The maximum Gasteiger partial charge on any atom is 0.344 e. The smallest absolute Gasteiger partial charge is 0.344 e. The maximum absolute atomic E-state index is 6.35. The quantitative estimate of drug-likeness (QED) is 0.274. The minimum atomic E-state index is -1.94. The molecular formula is C28H56O4Si2. The van der Waals surface area contributed by atoms with Crippen molar-refractivity contribution in [2.75, 3.05) is 27.4 Å². The first-order valence-electron chi connectivity index (χ1n) is 15.0. The SMILES string of the molecule is CCO[Si](OCC)(C1CCCC1)C1CCCC1.CO[Si](OC)(C1CCCCC1)C1CCCCC1. The van der Waals surface area contributed by atoms with Gasteiger partial charge in [-0.25, -0.2) is 0 Å². The van der Waals surface area contributed by atoms with Crippen LogP contribution >= 0.6 is 0 Å². The van der Waals surface area contributed by atoms with Crippen LogP contribution in [0.2, 0.25) is 22.2 Å². The molecule has 0 spiro atoms. The molecule has 0 N–H and O–H groups in total. The van der Waals surface area contributed by atoms with Crippen LogP contribution in [0.15, 0.2) is 0 Å². The lowest BCUT2D eigenvalue weighted by atomic mass is 9.99. The van der Waals surface area contributed by atoms with Crippen LogP contribution in [0.4, 0.5) is 0 Å². The molecule has 0 saturated heterocycles. The van der Waals surface area contributed by atoms with Crippen LogP contribution in [-0.2, 0) is 17.7 Å². The average Bonchev–Trinajstić information content (AvgIpc) is 3.62. The average molecular weight is 513 g/mol. The lowest BCUT2D eigenvalue weighted by molar-refractivity contribution is 0.161. The van der Waals surface area contributed by atoms with Gasteiger partial charge in [0, 0.05) is 49.6 Å². The summed E-state index contributed by atoms with van der Waals surface area (Å²) >= 11 is 0. The minimum absolute atomic E-state index is 0.759. The molecular weight excluding hydrogens is 456 g/mol. The van der Waals surface area contributed by atoms with E-state index in [0.717, 1.165) is 35.4 Å². The summed E-state index contributed by atoms with van der Waals surface area (Å²) < 4.78 is 24.9. The molecule has 0 bridgehead atoms. The topological polar surface area (TPSA) is 36.9 Å². The van der Waals surface area contributed by atoms with Gasteiger partial charge >= 0.3 is 17.1 Å². The van der Waals surface area contributed by atoms with Gasteiger partial charge in [0.05, 0.1) is 0 Å². The molecule has 4 aliphatic carbocycles. The minimum Gasteiger partial charge on any atom is -0.397 e. The van der Waals surface area contributed by atoms with Gasteiger partial charge in [0.15, 0.2) is 0 Å². The highest BCUT2D eigenvalue weighted by Crippen LogP contribution is 2.51. The van der Waals surface area contributed by atoms with E-state index in [2.05, 4.69) is 13.8 Å². The second kappa shape index (κ2) is 14.9. The predicted molar refractivity (Wildman–Crippen MR) is 147 cm³/mol. The number of hydrogen-bond acceptors (Lipinski definition) is 4. The summed E-state index contributed by atoms with van der Waals surface area (Å²) in [7, 11) is -0.0399. The van der Waals surface area contributed by atoms with Crippen LogP contribution in [0.5, 0.6) is 0 Å². The monoisotopic (exact) mass is 512 g/mol. The van der Waals surface area contributed by atoms with Crippen molar-refractivity contribution < 1.29 is 17.7 Å². The Morgan fingerprint density at radius 3 is 0.971 bits per heavy atom. The summed E-state index contributed by atoms with van der Waals surface area (Å²) in [6, 6.07) is 0.